The number of amides is 1. The van der Waals surface area contributed by atoms with Gasteiger partial charge < -0.3 is 5.32 Å². The first-order valence-electron chi connectivity index (χ1n) is 7.14. The molecular weight excluding hydrogens is 330 g/mol. The summed E-state index contributed by atoms with van der Waals surface area (Å²) in [5.74, 6) is -0.206. The van der Waals surface area contributed by atoms with E-state index in [9.17, 15) is 22.0 Å². The van der Waals surface area contributed by atoms with Gasteiger partial charge in [-0.15, -0.1) is 0 Å². The quantitative estimate of drug-likeness (QED) is 0.807. The van der Waals surface area contributed by atoms with Gasteiger partial charge in [-0.1, -0.05) is 0 Å². The summed E-state index contributed by atoms with van der Waals surface area (Å²) in [6.07, 6.45) is 1.13. The molecule has 0 radical (unpaired) electrons. The molecule has 0 bridgehead atoms. The molecule has 0 atom stereocenters. The minimum absolute atomic E-state index is 0.0209. The molecule has 1 aliphatic rings. The first kappa shape index (κ1) is 17.8. The Bertz CT molecular complexity index is 696. The van der Waals surface area contributed by atoms with Crippen LogP contribution in [0.1, 0.15) is 23.5 Å². The Hall–Kier alpha value is -1.55. The van der Waals surface area contributed by atoms with Crippen molar-refractivity contribution in [1.29, 1.82) is 0 Å². The molecule has 130 valence electrons. The highest BCUT2D eigenvalue weighted by Crippen LogP contribution is 2.20. The first-order valence-corrected chi connectivity index (χ1v) is 8.99. The van der Waals surface area contributed by atoms with Gasteiger partial charge in [-0.2, -0.15) is 13.9 Å². The van der Waals surface area contributed by atoms with Crippen molar-refractivity contribution >= 4 is 15.9 Å². The monoisotopic (exact) mass is 350 g/mol. The number of alkyl halides is 2. The third-order valence-corrected chi connectivity index (χ3v) is 5.21. The van der Waals surface area contributed by atoms with E-state index >= 15 is 0 Å². The minimum Gasteiger partial charge on any atom is -0.355 e. The predicted octanol–water partition coefficient (Wildman–Crippen LogP) is 0.445. The molecule has 0 aromatic carbocycles. The summed E-state index contributed by atoms with van der Waals surface area (Å²) in [6.45, 7) is 1.50. The summed E-state index contributed by atoms with van der Waals surface area (Å²) in [5, 5.41) is 6.45. The Morgan fingerprint density at radius 2 is 2.00 bits per heavy atom. The molecule has 1 amide bonds. The molecule has 1 aromatic heterocycles. The van der Waals surface area contributed by atoms with Crippen LogP contribution in [0, 0.1) is 19.8 Å². The van der Waals surface area contributed by atoms with Crippen LogP contribution >= 0.6 is 0 Å². The number of nitrogens with zero attached hydrogens (tertiary/aromatic N) is 3. The second kappa shape index (κ2) is 6.52. The second-order valence-corrected chi connectivity index (χ2v) is 7.78. The standard InChI is InChI=1S/C13H20F2N4O3S/c1-8-11(9(2)19(17-8)13(14)15)4-12(20)16-5-10-6-18(7-10)23(3,21)22/h10,13H,4-7H2,1-3H3,(H,16,20). The van der Waals surface area contributed by atoms with E-state index in [0.29, 0.717) is 35.6 Å². The third-order valence-electron chi connectivity index (χ3n) is 3.98. The van der Waals surface area contributed by atoms with E-state index < -0.39 is 16.6 Å². The fourth-order valence-electron chi connectivity index (χ4n) is 2.55. The molecule has 0 unspecified atom stereocenters. The lowest BCUT2D eigenvalue weighted by molar-refractivity contribution is -0.120. The van der Waals surface area contributed by atoms with Crippen LogP contribution in [0.2, 0.25) is 0 Å². The molecule has 2 heterocycles. The summed E-state index contributed by atoms with van der Waals surface area (Å²) in [7, 11) is -3.16. The second-order valence-electron chi connectivity index (χ2n) is 5.80. The van der Waals surface area contributed by atoms with Gasteiger partial charge in [0.15, 0.2) is 0 Å². The first-order chi connectivity index (χ1) is 10.6. The summed E-state index contributed by atoms with van der Waals surface area (Å²) in [4.78, 5) is 12.0. The van der Waals surface area contributed by atoms with E-state index in [-0.39, 0.29) is 23.9 Å². The van der Waals surface area contributed by atoms with Crippen LogP contribution in [0.5, 0.6) is 0 Å². The highest BCUT2D eigenvalue weighted by Gasteiger charge is 2.33. The number of hydrogen-bond acceptors (Lipinski definition) is 4. The lowest BCUT2D eigenvalue weighted by Gasteiger charge is -2.37. The molecule has 1 saturated heterocycles. The zero-order chi connectivity index (χ0) is 17.4. The molecular formula is C13H20F2N4O3S. The molecule has 0 spiro atoms. The molecule has 2 rings (SSSR count). The summed E-state index contributed by atoms with van der Waals surface area (Å²) in [5.41, 5.74) is 1.18. The largest absolute Gasteiger partial charge is 0.355 e. The lowest BCUT2D eigenvalue weighted by atomic mass is 10.0. The van der Waals surface area contributed by atoms with Crippen molar-refractivity contribution in [1.82, 2.24) is 19.4 Å². The Balaban J connectivity index is 1.85. The van der Waals surface area contributed by atoms with Crippen LogP contribution in [0.3, 0.4) is 0 Å². The number of carbonyl (C=O) groups excluding carboxylic acids is 1. The maximum absolute atomic E-state index is 12.7. The summed E-state index contributed by atoms with van der Waals surface area (Å²) in [6, 6.07) is 0. The molecule has 1 aromatic rings. The summed E-state index contributed by atoms with van der Waals surface area (Å²) < 4.78 is 49.9. The normalized spacial score (nSPS) is 16.6. The van der Waals surface area contributed by atoms with Crippen LogP contribution in [0.25, 0.3) is 0 Å². The molecule has 1 fully saturated rings. The number of nitrogens with one attached hydrogen (secondary N) is 1. The molecule has 1 N–H and O–H groups in total. The van der Waals surface area contributed by atoms with Crippen molar-refractivity contribution in [2.45, 2.75) is 26.8 Å². The average Bonchev–Trinajstić information content (AvgIpc) is 2.63. The van der Waals surface area contributed by atoms with Crippen molar-refractivity contribution in [3.8, 4) is 0 Å². The minimum atomic E-state index is -3.16. The van der Waals surface area contributed by atoms with Crippen molar-refractivity contribution in [2.75, 3.05) is 25.9 Å². The molecule has 10 heteroatoms. The zero-order valence-electron chi connectivity index (χ0n) is 13.2. The molecule has 7 nitrogen and oxygen atoms in total. The van der Waals surface area contributed by atoms with Gasteiger partial charge in [0.2, 0.25) is 15.9 Å². The Morgan fingerprint density at radius 1 is 1.39 bits per heavy atom. The maximum Gasteiger partial charge on any atom is 0.333 e. The van der Waals surface area contributed by atoms with E-state index in [1.165, 1.54) is 11.2 Å². The zero-order valence-corrected chi connectivity index (χ0v) is 14.0. The number of rotatable bonds is 6. The number of aryl methyl sites for hydroxylation is 1. The molecule has 0 aliphatic carbocycles. The van der Waals surface area contributed by atoms with E-state index in [1.807, 2.05) is 0 Å². The third kappa shape index (κ3) is 4.05. The Morgan fingerprint density at radius 3 is 2.48 bits per heavy atom. The van der Waals surface area contributed by atoms with Gasteiger partial charge in [0, 0.05) is 36.8 Å². The van der Waals surface area contributed by atoms with Crippen LogP contribution in [-0.4, -0.2) is 54.3 Å². The maximum atomic E-state index is 12.7. The van der Waals surface area contributed by atoms with Gasteiger partial charge in [-0.05, 0) is 13.8 Å². The van der Waals surface area contributed by atoms with Crippen molar-refractivity contribution in [3.05, 3.63) is 17.0 Å². The lowest BCUT2D eigenvalue weighted by Crippen LogP contribution is -2.53. The van der Waals surface area contributed by atoms with E-state index in [2.05, 4.69) is 10.4 Å². The van der Waals surface area contributed by atoms with Crippen LogP contribution in [0.15, 0.2) is 0 Å². The molecule has 23 heavy (non-hydrogen) atoms. The number of halogens is 2. The molecule has 0 saturated carbocycles. The number of hydrogen-bond donors (Lipinski definition) is 1. The van der Waals surface area contributed by atoms with Crippen molar-refractivity contribution < 1.29 is 22.0 Å². The smallest absolute Gasteiger partial charge is 0.333 e. The van der Waals surface area contributed by atoms with E-state index in [1.54, 1.807) is 6.92 Å². The van der Waals surface area contributed by atoms with Crippen LogP contribution in [-0.2, 0) is 21.2 Å². The van der Waals surface area contributed by atoms with Gasteiger partial charge >= 0.3 is 6.55 Å². The number of sulfonamides is 1. The van der Waals surface area contributed by atoms with E-state index in [0.717, 1.165) is 6.26 Å². The van der Waals surface area contributed by atoms with Gasteiger partial charge in [0.25, 0.3) is 0 Å². The van der Waals surface area contributed by atoms with Gasteiger partial charge in [-0.25, -0.2) is 17.4 Å². The number of aromatic nitrogens is 2. The average molecular weight is 350 g/mol. The highest BCUT2D eigenvalue weighted by atomic mass is 32.2. The predicted molar refractivity (Wildman–Crippen MR) is 79.6 cm³/mol. The van der Waals surface area contributed by atoms with E-state index in [4.69, 9.17) is 0 Å². The SMILES string of the molecule is Cc1nn(C(F)F)c(C)c1CC(=O)NCC1CN(S(C)(=O)=O)C1. The summed E-state index contributed by atoms with van der Waals surface area (Å²) >= 11 is 0. The Kier molecular flexibility index (Phi) is 5.04. The van der Waals surface area contributed by atoms with Gasteiger partial charge in [-0.3, -0.25) is 4.79 Å². The number of carbonyl (C=O) groups is 1. The van der Waals surface area contributed by atoms with Crippen molar-refractivity contribution in [2.24, 2.45) is 5.92 Å². The Labute approximate surface area is 133 Å². The van der Waals surface area contributed by atoms with Crippen LogP contribution in [0.4, 0.5) is 8.78 Å². The van der Waals surface area contributed by atoms with Gasteiger partial charge in [0.1, 0.15) is 0 Å². The topological polar surface area (TPSA) is 84.3 Å². The van der Waals surface area contributed by atoms with Crippen LogP contribution < -0.4 is 5.32 Å². The van der Waals surface area contributed by atoms with Gasteiger partial charge in [0.05, 0.1) is 18.4 Å². The fraction of sp³-hybridized carbons (Fsp3) is 0.692. The molecule has 1 aliphatic heterocycles. The highest BCUT2D eigenvalue weighted by molar-refractivity contribution is 7.88. The van der Waals surface area contributed by atoms with Crippen molar-refractivity contribution in [3.63, 3.8) is 0 Å². The fourth-order valence-corrected chi connectivity index (χ4v) is 3.51.